The Labute approximate surface area is 209 Å². The quantitative estimate of drug-likeness (QED) is 0.350. The molecule has 0 heterocycles. The van der Waals surface area contributed by atoms with Crippen molar-refractivity contribution in [2.75, 3.05) is 6.54 Å². The molecule has 0 saturated carbocycles. The maximum absolute atomic E-state index is 13.4. The zero-order valence-corrected chi connectivity index (χ0v) is 20.4. The van der Waals surface area contributed by atoms with E-state index in [0.717, 1.165) is 11.1 Å². The second-order valence-corrected chi connectivity index (χ2v) is 10.8. The van der Waals surface area contributed by atoms with Crippen molar-refractivity contribution in [3.63, 3.8) is 0 Å². The van der Waals surface area contributed by atoms with Crippen LogP contribution in [0, 0.1) is 0 Å². The van der Waals surface area contributed by atoms with E-state index in [0.29, 0.717) is 17.0 Å². The van der Waals surface area contributed by atoms with Crippen LogP contribution in [0.15, 0.2) is 83.8 Å². The Morgan fingerprint density at radius 3 is 2.37 bits per heavy atom. The number of halogens is 1. The fraction of sp³-hybridized carbons (Fsp3) is 0.269. The van der Waals surface area contributed by atoms with Gasteiger partial charge in [-0.05, 0) is 47.4 Å². The number of hydrogen-bond donors (Lipinski definition) is 4. The second-order valence-electron chi connectivity index (χ2n) is 8.62. The lowest BCUT2D eigenvalue weighted by Crippen LogP contribution is -2.39. The van der Waals surface area contributed by atoms with Gasteiger partial charge in [0.25, 0.3) is 0 Å². The molecule has 0 aliphatic heterocycles. The molecule has 1 aliphatic carbocycles. The van der Waals surface area contributed by atoms with Crippen LogP contribution in [0.4, 0.5) is 0 Å². The summed E-state index contributed by atoms with van der Waals surface area (Å²) < 4.78 is 27.5. The molecule has 0 spiro atoms. The molecule has 0 unspecified atom stereocenters. The lowest BCUT2D eigenvalue weighted by Gasteiger charge is -2.24. The van der Waals surface area contributed by atoms with Crippen molar-refractivity contribution in [2.45, 2.75) is 41.9 Å². The summed E-state index contributed by atoms with van der Waals surface area (Å²) in [5.74, 6) is -1.09. The van der Waals surface area contributed by atoms with Gasteiger partial charge in [-0.25, -0.2) is 13.1 Å². The lowest BCUT2D eigenvalue weighted by molar-refractivity contribution is -0.124. The summed E-state index contributed by atoms with van der Waals surface area (Å²) in [5.41, 5.74) is 2.54. The van der Waals surface area contributed by atoms with Gasteiger partial charge >= 0.3 is 0 Å². The first-order valence-electron chi connectivity index (χ1n) is 11.3. The molecule has 0 bridgehead atoms. The van der Waals surface area contributed by atoms with Gasteiger partial charge in [0.15, 0.2) is 0 Å². The van der Waals surface area contributed by atoms with E-state index < -0.39 is 34.2 Å². The SMILES string of the molecule is O=C(N[C@H]1c2ccccc2C[C@H]1O)[C@@H](C[C@H](O)CNS(=O)(=O)c1ccc(Cl)cc1)c1ccccc1. The number of nitrogens with one attached hydrogen (secondary N) is 2. The number of carbonyl (C=O) groups is 1. The maximum atomic E-state index is 13.4. The normalized spacial score (nSPS) is 19.1. The number of amides is 1. The first kappa shape index (κ1) is 25.3. The molecule has 0 radical (unpaired) electrons. The molecule has 3 aromatic carbocycles. The van der Waals surface area contributed by atoms with E-state index in [1.54, 1.807) is 24.3 Å². The Morgan fingerprint density at radius 1 is 1.00 bits per heavy atom. The number of aliphatic hydroxyl groups is 2. The maximum Gasteiger partial charge on any atom is 0.240 e. The number of carbonyl (C=O) groups excluding carboxylic acids is 1. The van der Waals surface area contributed by atoms with E-state index in [2.05, 4.69) is 10.0 Å². The van der Waals surface area contributed by atoms with Crippen LogP contribution in [0.25, 0.3) is 0 Å². The smallest absolute Gasteiger partial charge is 0.240 e. The predicted molar refractivity (Wildman–Crippen MR) is 133 cm³/mol. The molecule has 0 aromatic heterocycles. The Kier molecular flexibility index (Phi) is 7.88. The van der Waals surface area contributed by atoms with Crippen molar-refractivity contribution in [3.05, 3.63) is 101 Å². The fourth-order valence-electron chi connectivity index (χ4n) is 4.34. The highest BCUT2D eigenvalue weighted by molar-refractivity contribution is 7.89. The molecule has 7 nitrogen and oxygen atoms in total. The van der Waals surface area contributed by atoms with Crippen LogP contribution in [-0.4, -0.2) is 43.3 Å². The molecular weight excluding hydrogens is 488 g/mol. The van der Waals surface area contributed by atoms with Crippen LogP contribution in [0.5, 0.6) is 0 Å². The van der Waals surface area contributed by atoms with Crippen molar-refractivity contribution < 1.29 is 23.4 Å². The molecule has 1 aliphatic rings. The number of benzene rings is 3. The summed E-state index contributed by atoms with van der Waals surface area (Å²) in [6.07, 6.45) is -1.44. The van der Waals surface area contributed by atoms with E-state index in [1.807, 2.05) is 30.3 Å². The summed E-state index contributed by atoms with van der Waals surface area (Å²) in [7, 11) is -3.85. The van der Waals surface area contributed by atoms with E-state index in [4.69, 9.17) is 11.6 Å². The zero-order chi connectivity index (χ0) is 25.0. The fourth-order valence-corrected chi connectivity index (χ4v) is 5.54. The van der Waals surface area contributed by atoms with Crippen LogP contribution >= 0.6 is 11.6 Å². The van der Waals surface area contributed by atoms with E-state index in [9.17, 15) is 23.4 Å². The van der Waals surface area contributed by atoms with Gasteiger partial charge in [0.05, 0.1) is 29.1 Å². The Hall–Kier alpha value is -2.75. The lowest BCUT2D eigenvalue weighted by atomic mass is 9.91. The van der Waals surface area contributed by atoms with Crippen LogP contribution in [0.3, 0.4) is 0 Å². The van der Waals surface area contributed by atoms with Gasteiger partial charge in [0.1, 0.15) is 0 Å². The van der Waals surface area contributed by atoms with E-state index in [-0.39, 0.29) is 23.8 Å². The first-order chi connectivity index (χ1) is 16.7. The highest BCUT2D eigenvalue weighted by atomic mass is 35.5. The Balaban J connectivity index is 1.46. The van der Waals surface area contributed by atoms with Crippen LogP contribution < -0.4 is 10.0 Å². The molecule has 184 valence electrons. The zero-order valence-electron chi connectivity index (χ0n) is 18.8. The Bertz CT molecular complexity index is 1270. The van der Waals surface area contributed by atoms with Crippen molar-refractivity contribution in [1.82, 2.24) is 10.0 Å². The molecule has 4 rings (SSSR count). The average molecular weight is 515 g/mol. The molecule has 3 aromatic rings. The number of hydrogen-bond acceptors (Lipinski definition) is 5. The van der Waals surface area contributed by atoms with E-state index >= 15 is 0 Å². The van der Waals surface area contributed by atoms with Gasteiger partial charge in [0, 0.05) is 18.0 Å². The standard InChI is InChI=1S/C26H27ClN2O5S/c27-19-10-12-21(13-11-19)35(33,34)28-16-20(30)15-23(17-6-2-1-3-7-17)26(32)29-25-22-9-5-4-8-18(22)14-24(25)31/h1-13,20,23-25,28,30-31H,14-16H2,(H,29,32)/t20-,23-,24+,25-/m0/s1. The average Bonchev–Trinajstić information content (AvgIpc) is 3.17. The van der Waals surface area contributed by atoms with Crippen molar-refractivity contribution in [2.24, 2.45) is 0 Å². The monoisotopic (exact) mass is 514 g/mol. The minimum absolute atomic E-state index is 0.0105. The third kappa shape index (κ3) is 6.09. The molecule has 9 heteroatoms. The number of sulfonamides is 1. The van der Waals surface area contributed by atoms with E-state index in [1.165, 1.54) is 24.3 Å². The topological polar surface area (TPSA) is 116 Å². The third-order valence-corrected chi connectivity index (χ3v) is 7.85. The summed E-state index contributed by atoms with van der Waals surface area (Å²) in [4.78, 5) is 13.4. The summed E-state index contributed by atoms with van der Waals surface area (Å²) in [6.45, 7) is -0.267. The molecule has 0 fully saturated rings. The van der Waals surface area contributed by atoms with Gasteiger partial charge in [-0.1, -0.05) is 66.2 Å². The highest BCUT2D eigenvalue weighted by Crippen LogP contribution is 2.32. The summed E-state index contributed by atoms with van der Waals surface area (Å²) in [6, 6.07) is 21.7. The largest absolute Gasteiger partial charge is 0.392 e. The highest BCUT2D eigenvalue weighted by Gasteiger charge is 2.34. The van der Waals surface area contributed by atoms with Crippen LogP contribution in [0.1, 0.15) is 35.1 Å². The molecule has 4 N–H and O–H groups in total. The van der Waals surface area contributed by atoms with Crippen LogP contribution in [0.2, 0.25) is 5.02 Å². The molecule has 0 saturated heterocycles. The van der Waals surface area contributed by atoms with Crippen molar-refractivity contribution >= 4 is 27.5 Å². The van der Waals surface area contributed by atoms with Gasteiger partial charge in [-0.2, -0.15) is 0 Å². The third-order valence-electron chi connectivity index (χ3n) is 6.16. The molecule has 1 amide bonds. The molecule has 4 atom stereocenters. The van der Waals surface area contributed by atoms with Crippen molar-refractivity contribution in [1.29, 1.82) is 0 Å². The number of fused-ring (bicyclic) bond motifs is 1. The number of rotatable bonds is 9. The van der Waals surface area contributed by atoms with Crippen LogP contribution in [-0.2, 0) is 21.2 Å². The predicted octanol–water partition coefficient (Wildman–Crippen LogP) is 2.93. The minimum Gasteiger partial charge on any atom is -0.392 e. The van der Waals surface area contributed by atoms with Crippen molar-refractivity contribution in [3.8, 4) is 0 Å². The minimum atomic E-state index is -3.85. The van der Waals surface area contributed by atoms with Gasteiger partial charge in [0.2, 0.25) is 15.9 Å². The first-order valence-corrected chi connectivity index (χ1v) is 13.1. The van der Waals surface area contributed by atoms with Gasteiger partial charge in [-0.15, -0.1) is 0 Å². The molecule has 35 heavy (non-hydrogen) atoms. The number of aliphatic hydroxyl groups excluding tert-OH is 2. The Morgan fingerprint density at radius 2 is 1.66 bits per heavy atom. The summed E-state index contributed by atoms with van der Waals surface area (Å²) >= 11 is 5.82. The second kappa shape index (κ2) is 10.9. The van der Waals surface area contributed by atoms with Gasteiger partial charge < -0.3 is 15.5 Å². The summed E-state index contributed by atoms with van der Waals surface area (Å²) in [5, 5.41) is 24.6. The molecular formula is C26H27ClN2O5S. The van der Waals surface area contributed by atoms with Gasteiger partial charge in [-0.3, -0.25) is 4.79 Å².